The van der Waals surface area contributed by atoms with Crippen LogP contribution in [-0.4, -0.2) is 9.78 Å². The monoisotopic (exact) mass is 211 g/mol. The molecule has 0 saturated heterocycles. The Kier molecular flexibility index (Phi) is 1.74. The molecule has 16 heavy (non-hydrogen) atoms. The lowest BCUT2D eigenvalue weighted by Crippen LogP contribution is -2.03. The van der Waals surface area contributed by atoms with Gasteiger partial charge in [0.15, 0.2) is 0 Å². The lowest BCUT2D eigenvalue weighted by atomic mass is 10.2. The molecule has 1 aromatic carbocycles. The molecule has 78 valence electrons. The molecule has 0 N–H and O–H groups in total. The highest BCUT2D eigenvalue weighted by Gasteiger charge is 2.12. The van der Waals surface area contributed by atoms with Crippen molar-refractivity contribution >= 4 is 21.9 Å². The van der Waals surface area contributed by atoms with Gasteiger partial charge >= 0.3 is 0 Å². The van der Waals surface area contributed by atoms with Crippen molar-refractivity contribution in [1.29, 1.82) is 5.26 Å². The highest BCUT2D eigenvalue weighted by molar-refractivity contribution is 6.03. The van der Waals surface area contributed by atoms with E-state index >= 15 is 0 Å². The molecular weight excluding hydrogens is 202 g/mol. The Hall–Kier alpha value is -2.28. The second kappa shape index (κ2) is 3.11. The lowest BCUT2D eigenvalue weighted by Gasteiger charge is -2.04. The summed E-state index contributed by atoms with van der Waals surface area (Å²) in [5, 5.41) is 15.2. The molecule has 0 amide bonds. The topological polar surface area (TPSA) is 54.8 Å². The Morgan fingerprint density at radius 2 is 2.31 bits per heavy atom. The molecule has 4 nitrogen and oxygen atoms in total. The van der Waals surface area contributed by atoms with Crippen LogP contribution in [0, 0.1) is 11.3 Å². The van der Waals surface area contributed by atoms with Crippen LogP contribution in [0.5, 0.6) is 0 Å². The van der Waals surface area contributed by atoms with Crippen LogP contribution in [0.1, 0.15) is 13.0 Å². The van der Waals surface area contributed by atoms with E-state index in [-0.39, 0.29) is 6.04 Å². The molecule has 1 unspecified atom stereocenters. The van der Waals surface area contributed by atoms with E-state index in [0.29, 0.717) is 0 Å². The first-order valence-corrected chi connectivity index (χ1v) is 5.04. The maximum Gasteiger partial charge on any atom is 0.136 e. The molecule has 2 aromatic heterocycles. The molecule has 0 saturated carbocycles. The van der Waals surface area contributed by atoms with Crippen molar-refractivity contribution < 1.29 is 4.42 Å². The number of hydrogen-bond acceptors (Lipinski definition) is 3. The molecule has 3 rings (SSSR count). The maximum atomic E-state index is 8.95. The van der Waals surface area contributed by atoms with Crippen molar-refractivity contribution in [2.24, 2.45) is 0 Å². The number of fused-ring (bicyclic) bond motifs is 3. The summed E-state index contributed by atoms with van der Waals surface area (Å²) in [5.74, 6) is 0. The fraction of sp³-hybridized carbons (Fsp3) is 0.167. The summed E-state index contributed by atoms with van der Waals surface area (Å²) in [5.41, 5.74) is 1.78. The van der Waals surface area contributed by atoms with Gasteiger partial charge in [-0.3, -0.25) is 0 Å². The zero-order valence-corrected chi connectivity index (χ0v) is 8.71. The van der Waals surface area contributed by atoms with Gasteiger partial charge in [-0.1, -0.05) is 0 Å². The summed E-state index contributed by atoms with van der Waals surface area (Å²) < 4.78 is 7.07. The third-order valence-corrected chi connectivity index (χ3v) is 2.74. The Morgan fingerprint density at radius 3 is 3.12 bits per heavy atom. The highest BCUT2D eigenvalue weighted by atomic mass is 16.3. The molecule has 0 bridgehead atoms. The zero-order valence-electron chi connectivity index (χ0n) is 8.71. The number of aromatic nitrogens is 2. The maximum absolute atomic E-state index is 8.95. The van der Waals surface area contributed by atoms with Gasteiger partial charge in [0.25, 0.3) is 0 Å². The second-order valence-electron chi connectivity index (χ2n) is 3.73. The first-order chi connectivity index (χ1) is 7.81. The van der Waals surface area contributed by atoms with Crippen molar-refractivity contribution in [3.63, 3.8) is 0 Å². The summed E-state index contributed by atoms with van der Waals surface area (Å²) in [6, 6.07) is 7.68. The quantitative estimate of drug-likeness (QED) is 0.621. The third-order valence-electron chi connectivity index (χ3n) is 2.74. The molecule has 0 aliphatic carbocycles. The largest absolute Gasteiger partial charge is 0.464 e. The predicted octanol–water partition coefficient (Wildman–Crippen LogP) is 2.87. The Morgan fingerprint density at radius 1 is 1.44 bits per heavy atom. The van der Waals surface area contributed by atoms with Gasteiger partial charge in [0.1, 0.15) is 11.6 Å². The number of hydrogen-bond donors (Lipinski definition) is 0. The summed E-state index contributed by atoms with van der Waals surface area (Å²) in [6.07, 6.45) is 3.42. The SMILES string of the molecule is CC(C#N)n1ncc2ccc3occc3c21. The Balaban J connectivity index is 2.47. The number of furan rings is 1. The van der Waals surface area contributed by atoms with Crippen LogP contribution in [0.25, 0.3) is 21.9 Å². The number of nitrogens with zero attached hydrogens (tertiary/aromatic N) is 3. The van der Waals surface area contributed by atoms with E-state index in [1.54, 1.807) is 17.1 Å². The van der Waals surface area contributed by atoms with E-state index in [1.165, 1.54) is 0 Å². The minimum Gasteiger partial charge on any atom is -0.464 e. The van der Waals surface area contributed by atoms with E-state index in [2.05, 4.69) is 11.2 Å². The van der Waals surface area contributed by atoms with E-state index in [1.807, 2.05) is 25.1 Å². The lowest BCUT2D eigenvalue weighted by molar-refractivity contribution is 0.610. The standard InChI is InChI=1S/C12H9N3O/c1-8(6-13)15-12-9(7-14-15)2-3-11-10(12)4-5-16-11/h2-5,7-8H,1H3. The summed E-state index contributed by atoms with van der Waals surface area (Å²) >= 11 is 0. The van der Waals surface area contributed by atoms with Crippen LogP contribution >= 0.6 is 0 Å². The minimum atomic E-state index is -0.280. The third kappa shape index (κ3) is 1.06. The van der Waals surface area contributed by atoms with Crippen molar-refractivity contribution in [3.05, 3.63) is 30.7 Å². The highest BCUT2D eigenvalue weighted by Crippen LogP contribution is 2.27. The fourth-order valence-corrected chi connectivity index (χ4v) is 1.94. The molecule has 1 atom stereocenters. The van der Waals surface area contributed by atoms with Gasteiger partial charge in [-0.15, -0.1) is 0 Å². The molecular formula is C12H9N3O. The van der Waals surface area contributed by atoms with Gasteiger partial charge in [-0.2, -0.15) is 10.4 Å². The van der Waals surface area contributed by atoms with Crippen LogP contribution in [0.2, 0.25) is 0 Å². The molecule has 0 aliphatic heterocycles. The molecule has 0 fully saturated rings. The van der Waals surface area contributed by atoms with Crippen LogP contribution in [0.15, 0.2) is 35.1 Å². The van der Waals surface area contributed by atoms with E-state index in [0.717, 1.165) is 21.9 Å². The molecule has 0 aliphatic rings. The second-order valence-corrected chi connectivity index (χ2v) is 3.73. The number of nitriles is 1. The van der Waals surface area contributed by atoms with Crippen LogP contribution in [0.3, 0.4) is 0 Å². The summed E-state index contributed by atoms with van der Waals surface area (Å²) in [6.45, 7) is 1.82. The first kappa shape index (κ1) is 8.98. The Labute approximate surface area is 91.7 Å². The van der Waals surface area contributed by atoms with E-state index in [9.17, 15) is 0 Å². The molecule has 0 spiro atoms. The van der Waals surface area contributed by atoms with Gasteiger partial charge in [-0.25, -0.2) is 4.68 Å². The number of rotatable bonds is 1. The van der Waals surface area contributed by atoms with Crippen LogP contribution in [0.4, 0.5) is 0 Å². The smallest absolute Gasteiger partial charge is 0.136 e. The van der Waals surface area contributed by atoms with Crippen molar-refractivity contribution in [3.8, 4) is 6.07 Å². The van der Waals surface area contributed by atoms with Crippen molar-refractivity contribution in [1.82, 2.24) is 9.78 Å². The fourth-order valence-electron chi connectivity index (χ4n) is 1.94. The van der Waals surface area contributed by atoms with Gasteiger partial charge < -0.3 is 4.42 Å². The molecule has 3 aromatic rings. The van der Waals surface area contributed by atoms with Crippen molar-refractivity contribution in [2.75, 3.05) is 0 Å². The van der Waals surface area contributed by atoms with Crippen molar-refractivity contribution in [2.45, 2.75) is 13.0 Å². The van der Waals surface area contributed by atoms with Gasteiger partial charge in [-0.05, 0) is 25.1 Å². The van der Waals surface area contributed by atoms with E-state index < -0.39 is 0 Å². The van der Waals surface area contributed by atoms with E-state index in [4.69, 9.17) is 9.68 Å². The van der Waals surface area contributed by atoms with Crippen LogP contribution < -0.4 is 0 Å². The predicted molar refractivity (Wildman–Crippen MR) is 59.8 cm³/mol. The average Bonchev–Trinajstić information content (AvgIpc) is 2.92. The van der Waals surface area contributed by atoms with Gasteiger partial charge in [0, 0.05) is 10.8 Å². The van der Waals surface area contributed by atoms with Gasteiger partial charge in [0.2, 0.25) is 0 Å². The molecule has 4 heteroatoms. The normalized spacial score (nSPS) is 13.0. The zero-order chi connectivity index (χ0) is 11.1. The first-order valence-electron chi connectivity index (χ1n) is 5.04. The van der Waals surface area contributed by atoms with Crippen LogP contribution in [-0.2, 0) is 0 Å². The van der Waals surface area contributed by atoms with Gasteiger partial charge in [0.05, 0.1) is 24.0 Å². The summed E-state index contributed by atoms with van der Waals surface area (Å²) in [4.78, 5) is 0. The molecule has 0 radical (unpaired) electrons. The minimum absolute atomic E-state index is 0.280. The Bertz CT molecular complexity index is 702. The number of benzene rings is 1. The average molecular weight is 211 g/mol. The molecule has 2 heterocycles. The summed E-state index contributed by atoms with van der Waals surface area (Å²) in [7, 11) is 0.